The SMILES string of the molecule is CC(C)(C)OC(=O)NC1CCC(Nc2ncnc3c2c(Br)cn3COCC[Si](C)(C)C)CC1. The Morgan fingerprint density at radius 3 is 2.48 bits per heavy atom. The van der Waals surface area contributed by atoms with E-state index >= 15 is 0 Å². The number of carbonyl (C=O) groups excluding carboxylic acids is 1. The lowest BCUT2D eigenvalue weighted by Gasteiger charge is -2.30. The van der Waals surface area contributed by atoms with Gasteiger partial charge in [-0.25, -0.2) is 14.8 Å². The van der Waals surface area contributed by atoms with E-state index in [4.69, 9.17) is 9.47 Å². The summed E-state index contributed by atoms with van der Waals surface area (Å²) >= 11 is 3.68. The minimum absolute atomic E-state index is 0.143. The van der Waals surface area contributed by atoms with Crippen molar-refractivity contribution < 1.29 is 14.3 Å². The smallest absolute Gasteiger partial charge is 0.407 e. The number of rotatable bonds is 8. The van der Waals surface area contributed by atoms with E-state index in [-0.39, 0.29) is 12.1 Å². The number of hydrogen-bond acceptors (Lipinski definition) is 6. The number of fused-ring (bicyclic) bond motifs is 1. The third-order valence-corrected chi connectivity index (χ3v) is 7.93. The van der Waals surface area contributed by atoms with Gasteiger partial charge in [0.05, 0.1) is 5.39 Å². The summed E-state index contributed by atoms with van der Waals surface area (Å²) in [5.41, 5.74) is 0.373. The average molecular weight is 541 g/mol. The molecule has 0 spiro atoms. The Labute approximate surface area is 206 Å². The number of nitrogens with one attached hydrogen (secondary N) is 2. The molecule has 1 aliphatic rings. The Morgan fingerprint density at radius 1 is 1.18 bits per heavy atom. The van der Waals surface area contributed by atoms with Crippen LogP contribution in [-0.4, -0.2) is 53.0 Å². The first-order valence-corrected chi connectivity index (χ1v) is 16.2. The van der Waals surface area contributed by atoms with Crippen LogP contribution in [-0.2, 0) is 16.2 Å². The van der Waals surface area contributed by atoms with Crippen LogP contribution in [0.15, 0.2) is 17.0 Å². The molecular formula is C23H38BrN5O3Si. The van der Waals surface area contributed by atoms with Gasteiger partial charge in [-0.1, -0.05) is 19.6 Å². The first-order valence-electron chi connectivity index (χ1n) is 11.7. The summed E-state index contributed by atoms with van der Waals surface area (Å²) in [7, 11) is -1.11. The Hall–Kier alpha value is -1.65. The number of nitrogens with zero attached hydrogens (tertiary/aromatic N) is 3. The van der Waals surface area contributed by atoms with Gasteiger partial charge in [-0.05, 0) is 68.4 Å². The monoisotopic (exact) mass is 539 g/mol. The molecule has 2 heterocycles. The second kappa shape index (κ2) is 10.7. The van der Waals surface area contributed by atoms with E-state index in [9.17, 15) is 4.79 Å². The molecule has 1 aliphatic carbocycles. The molecule has 33 heavy (non-hydrogen) atoms. The minimum Gasteiger partial charge on any atom is -0.444 e. The van der Waals surface area contributed by atoms with E-state index < -0.39 is 13.7 Å². The lowest BCUT2D eigenvalue weighted by atomic mass is 9.91. The fraction of sp³-hybridized carbons (Fsp3) is 0.696. The normalized spacial score (nSPS) is 19.5. The van der Waals surface area contributed by atoms with E-state index in [1.807, 2.05) is 31.5 Å². The zero-order valence-corrected chi connectivity index (χ0v) is 23.3. The maximum absolute atomic E-state index is 12.0. The summed E-state index contributed by atoms with van der Waals surface area (Å²) in [6.07, 6.45) is 6.98. The van der Waals surface area contributed by atoms with Crippen molar-refractivity contribution in [2.24, 2.45) is 0 Å². The first kappa shape index (κ1) is 26.0. The fourth-order valence-electron chi connectivity index (χ4n) is 3.88. The summed E-state index contributed by atoms with van der Waals surface area (Å²) in [4.78, 5) is 21.1. The van der Waals surface area contributed by atoms with Crippen LogP contribution >= 0.6 is 15.9 Å². The van der Waals surface area contributed by atoms with E-state index in [1.54, 1.807) is 6.33 Å². The van der Waals surface area contributed by atoms with Crippen molar-refractivity contribution in [3.8, 4) is 0 Å². The summed E-state index contributed by atoms with van der Waals surface area (Å²) < 4.78 is 14.3. The molecule has 1 saturated carbocycles. The summed E-state index contributed by atoms with van der Waals surface area (Å²) in [5, 5.41) is 7.57. The molecule has 10 heteroatoms. The quantitative estimate of drug-likeness (QED) is 0.327. The molecule has 0 aromatic carbocycles. The summed E-state index contributed by atoms with van der Waals surface area (Å²) in [5.74, 6) is 0.830. The third-order valence-electron chi connectivity index (χ3n) is 5.62. The molecule has 0 radical (unpaired) electrons. The molecule has 3 rings (SSSR count). The van der Waals surface area contributed by atoms with E-state index in [1.165, 1.54) is 0 Å². The molecule has 2 N–H and O–H groups in total. The van der Waals surface area contributed by atoms with Crippen LogP contribution in [0.2, 0.25) is 25.7 Å². The molecule has 2 aromatic heterocycles. The standard InChI is InChI=1S/C23H38BrN5O3Si/c1-23(2,3)32-22(30)28-17-9-7-16(8-10-17)27-20-19-18(24)13-29(21(19)26-14-25-20)15-31-11-12-33(4,5)6/h13-14,16-17H,7-12,15H2,1-6H3,(H,28,30)(H,25,26,27). The molecule has 0 bridgehead atoms. The van der Waals surface area contributed by atoms with Gasteiger partial charge in [-0.15, -0.1) is 0 Å². The summed E-state index contributed by atoms with van der Waals surface area (Å²) in [6, 6.07) is 1.58. The van der Waals surface area contributed by atoms with Gasteiger partial charge in [0.1, 0.15) is 30.1 Å². The van der Waals surface area contributed by atoms with Crippen molar-refractivity contribution in [1.29, 1.82) is 0 Å². The number of halogens is 1. The van der Waals surface area contributed by atoms with E-state index in [2.05, 4.69) is 56.2 Å². The first-order chi connectivity index (χ1) is 15.4. The number of carbonyl (C=O) groups is 1. The fourth-order valence-corrected chi connectivity index (χ4v) is 5.24. The predicted octanol–water partition coefficient (Wildman–Crippen LogP) is 5.75. The van der Waals surface area contributed by atoms with Crippen LogP contribution in [0.1, 0.15) is 46.5 Å². The van der Waals surface area contributed by atoms with Crippen LogP contribution in [0.4, 0.5) is 10.6 Å². The van der Waals surface area contributed by atoms with Gasteiger partial charge < -0.3 is 24.7 Å². The molecule has 8 nitrogen and oxygen atoms in total. The highest BCUT2D eigenvalue weighted by Crippen LogP contribution is 2.32. The zero-order valence-electron chi connectivity index (χ0n) is 20.7. The predicted molar refractivity (Wildman–Crippen MR) is 138 cm³/mol. The third kappa shape index (κ3) is 7.96. The van der Waals surface area contributed by atoms with Crippen molar-refractivity contribution in [3.63, 3.8) is 0 Å². The van der Waals surface area contributed by atoms with Crippen molar-refractivity contribution >= 4 is 46.9 Å². The number of hydrogen-bond donors (Lipinski definition) is 2. The number of alkyl carbamates (subject to hydrolysis) is 1. The number of anilines is 1. The van der Waals surface area contributed by atoms with Gasteiger partial charge in [0.25, 0.3) is 0 Å². The molecule has 2 aromatic rings. The lowest BCUT2D eigenvalue weighted by molar-refractivity contribution is 0.0492. The molecule has 1 amide bonds. The van der Waals surface area contributed by atoms with Crippen molar-refractivity contribution in [2.75, 3.05) is 11.9 Å². The maximum atomic E-state index is 12.0. The number of aromatic nitrogens is 3. The Morgan fingerprint density at radius 2 is 1.85 bits per heavy atom. The van der Waals surface area contributed by atoms with Gasteiger partial charge >= 0.3 is 6.09 Å². The Balaban J connectivity index is 1.57. The van der Waals surface area contributed by atoms with Crippen molar-refractivity contribution in [3.05, 3.63) is 17.0 Å². The highest BCUT2D eigenvalue weighted by atomic mass is 79.9. The highest BCUT2D eigenvalue weighted by molar-refractivity contribution is 9.10. The van der Waals surface area contributed by atoms with Crippen LogP contribution in [0.5, 0.6) is 0 Å². The summed E-state index contributed by atoms with van der Waals surface area (Å²) in [6.45, 7) is 13.9. The second-order valence-corrected chi connectivity index (χ2v) is 17.5. The molecule has 0 atom stereocenters. The number of ether oxygens (including phenoxy) is 2. The maximum Gasteiger partial charge on any atom is 0.407 e. The lowest BCUT2D eigenvalue weighted by Crippen LogP contribution is -2.42. The van der Waals surface area contributed by atoms with E-state index in [0.29, 0.717) is 12.8 Å². The molecule has 1 fully saturated rings. The van der Waals surface area contributed by atoms with Crippen LogP contribution < -0.4 is 10.6 Å². The van der Waals surface area contributed by atoms with Crippen LogP contribution in [0.25, 0.3) is 11.0 Å². The van der Waals surface area contributed by atoms with Gasteiger partial charge in [0.2, 0.25) is 0 Å². The largest absolute Gasteiger partial charge is 0.444 e. The van der Waals surface area contributed by atoms with Crippen LogP contribution in [0.3, 0.4) is 0 Å². The average Bonchev–Trinajstić information content (AvgIpc) is 3.01. The molecular weight excluding hydrogens is 502 g/mol. The van der Waals surface area contributed by atoms with E-state index in [0.717, 1.165) is 59.7 Å². The van der Waals surface area contributed by atoms with Gasteiger partial charge in [-0.3, -0.25) is 0 Å². The highest BCUT2D eigenvalue weighted by Gasteiger charge is 2.26. The zero-order chi connectivity index (χ0) is 24.2. The van der Waals surface area contributed by atoms with Crippen molar-refractivity contribution in [2.45, 2.75) is 96.6 Å². The molecule has 0 saturated heterocycles. The number of amides is 1. The Kier molecular flexibility index (Phi) is 8.44. The molecule has 0 aliphatic heterocycles. The van der Waals surface area contributed by atoms with Gasteiger partial charge in [-0.2, -0.15) is 0 Å². The van der Waals surface area contributed by atoms with Crippen molar-refractivity contribution in [1.82, 2.24) is 19.9 Å². The topological polar surface area (TPSA) is 90.3 Å². The molecule has 184 valence electrons. The second-order valence-electron chi connectivity index (χ2n) is 11.1. The minimum atomic E-state index is -1.11. The van der Waals surface area contributed by atoms with Gasteiger partial charge in [0.15, 0.2) is 0 Å². The molecule has 0 unspecified atom stereocenters. The van der Waals surface area contributed by atoms with Crippen LogP contribution in [0, 0.1) is 0 Å². The van der Waals surface area contributed by atoms with Gasteiger partial charge in [0, 0.05) is 37.4 Å². The Bertz CT molecular complexity index is 946.